The molecule has 4 heterocycles. The monoisotopic (exact) mass is 381 g/mol. The van der Waals surface area contributed by atoms with Crippen LogP contribution in [0.2, 0.25) is 0 Å². The number of nitrogens with zero attached hydrogens (tertiary/aromatic N) is 4. The minimum Gasteiger partial charge on any atom is -0.358 e. The van der Waals surface area contributed by atoms with Gasteiger partial charge in [-0.2, -0.15) is 0 Å². The van der Waals surface area contributed by atoms with Gasteiger partial charge in [-0.05, 0) is 36.9 Å². The van der Waals surface area contributed by atoms with Gasteiger partial charge < -0.3 is 10.2 Å². The van der Waals surface area contributed by atoms with Crippen LogP contribution in [0.1, 0.15) is 38.4 Å². The maximum absolute atomic E-state index is 4.98. The van der Waals surface area contributed by atoms with Gasteiger partial charge in [0.2, 0.25) is 0 Å². The average Bonchev–Trinajstić information content (AvgIpc) is 3.17. The molecule has 0 saturated carbocycles. The van der Waals surface area contributed by atoms with Gasteiger partial charge in [0.05, 0.1) is 5.69 Å². The molecule has 2 atom stereocenters. The molecule has 7 heteroatoms. The molecule has 2 unspecified atom stereocenters. The standard InChI is InChI=1S/C21H31N7/c1-21(2,3)18-11-15(26-27-18)13-28(4)20-16-7-10-23-12-17(16)24-19(25-20)14-5-8-22-9-6-14/h5-6,8-9,15,18,23,26-27H,7,10-13H2,1-4H3. The summed E-state index contributed by atoms with van der Waals surface area (Å²) < 4.78 is 0. The van der Waals surface area contributed by atoms with E-state index in [1.54, 1.807) is 12.4 Å². The average molecular weight is 382 g/mol. The highest BCUT2D eigenvalue weighted by Crippen LogP contribution is 2.29. The van der Waals surface area contributed by atoms with E-state index in [0.29, 0.717) is 12.1 Å². The van der Waals surface area contributed by atoms with E-state index in [4.69, 9.17) is 9.97 Å². The van der Waals surface area contributed by atoms with Gasteiger partial charge >= 0.3 is 0 Å². The van der Waals surface area contributed by atoms with Crippen molar-refractivity contribution < 1.29 is 0 Å². The molecule has 7 nitrogen and oxygen atoms in total. The quantitative estimate of drug-likeness (QED) is 0.747. The number of hydrazine groups is 1. The molecular weight excluding hydrogens is 350 g/mol. The molecule has 0 radical (unpaired) electrons. The van der Waals surface area contributed by atoms with Crippen molar-refractivity contribution in [3.63, 3.8) is 0 Å². The lowest BCUT2D eigenvalue weighted by Gasteiger charge is -2.28. The maximum atomic E-state index is 4.98. The summed E-state index contributed by atoms with van der Waals surface area (Å²) in [5.41, 5.74) is 10.6. The summed E-state index contributed by atoms with van der Waals surface area (Å²) in [5.74, 6) is 1.83. The zero-order valence-electron chi connectivity index (χ0n) is 17.3. The Bertz CT molecular complexity index is 815. The van der Waals surface area contributed by atoms with Gasteiger partial charge in [-0.3, -0.25) is 15.8 Å². The third-order valence-corrected chi connectivity index (χ3v) is 5.74. The maximum Gasteiger partial charge on any atom is 0.161 e. The van der Waals surface area contributed by atoms with Gasteiger partial charge in [-0.25, -0.2) is 9.97 Å². The third kappa shape index (κ3) is 4.01. The Kier molecular flexibility index (Phi) is 5.31. The number of hydrogen-bond acceptors (Lipinski definition) is 7. The fourth-order valence-corrected chi connectivity index (χ4v) is 4.01. The van der Waals surface area contributed by atoms with Crippen LogP contribution in [-0.2, 0) is 13.0 Å². The molecule has 0 aliphatic carbocycles. The fourth-order valence-electron chi connectivity index (χ4n) is 4.01. The molecule has 0 bridgehead atoms. The number of pyridine rings is 1. The Balaban J connectivity index is 1.59. The topological polar surface area (TPSA) is 78.0 Å². The normalized spacial score (nSPS) is 22.1. The van der Waals surface area contributed by atoms with Crippen LogP contribution in [0, 0.1) is 5.41 Å². The second kappa shape index (κ2) is 7.73. The molecule has 0 spiro atoms. The lowest BCUT2D eigenvalue weighted by Crippen LogP contribution is -2.42. The molecule has 150 valence electrons. The first-order chi connectivity index (χ1) is 13.4. The van der Waals surface area contributed by atoms with E-state index in [0.717, 1.165) is 55.4 Å². The number of likely N-dealkylation sites (N-methyl/N-ethyl adjacent to an activating group) is 1. The number of fused-ring (bicyclic) bond motifs is 1. The fraction of sp³-hybridized carbons (Fsp3) is 0.571. The number of hydrogen-bond donors (Lipinski definition) is 3. The second-order valence-corrected chi connectivity index (χ2v) is 8.98. The number of anilines is 1. The van der Waals surface area contributed by atoms with Crippen molar-refractivity contribution in [2.24, 2.45) is 5.41 Å². The zero-order valence-corrected chi connectivity index (χ0v) is 17.3. The Hall–Kier alpha value is -2.09. The van der Waals surface area contributed by atoms with Crippen LogP contribution in [0.5, 0.6) is 0 Å². The molecule has 1 saturated heterocycles. The Morgan fingerprint density at radius 1 is 1.14 bits per heavy atom. The predicted molar refractivity (Wildman–Crippen MR) is 112 cm³/mol. The van der Waals surface area contributed by atoms with Crippen LogP contribution in [0.15, 0.2) is 24.5 Å². The van der Waals surface area contributed by atoms with Crippen molar-refractivity contribution >= 4 is 5.82 Å². The summed E-state index contributed by atoms with van der Waals surface area (Å²) >= 11 is 0. The van der Waals surface area contributed by atoms with Crippen molar-refractivity contribution in [2.75, 3.05) is 25.0 Å². The first kappa shape index (κ1) is 19.2. The molecular formula is C21H31N7. The van der Waals surface area contributed by atoms with Gasteiger partial charge in [0.15, 0.2) is 5.82 Å². The lowest BCUT2D eigenvalue weighted by molar-refractivity contribution is 0.286. The van der Waals surface area contributed by atoms with Crippen molar-refractivity contribution in [3.8, 4) is 11.4 Å². The van der Waals surface area contributed by atoms with Crippen LogP contribution in [0.3, 0.4) is 0 Å². The number of nitrogens with one attached hydrogen (secondary N) is 3. The highest BCUT2D eigenvalue weighted by Gasteiger charge is 2.33. The molecule has 3 N–H and O–H groups in total. The second-order valence-electron chi connectivity index (χ2n) is 8.98. The van der Waals surface area contributed by atoms with Gasteiger partial charge in [0.25, 0.3) is 0 Å². The smallest absolute Gasteiger partial charge is 0.161 e. The van der Waals surface area contributed by atoms with E-state index in [1.807, 2.05) is 12.1 Å². The van der Waals surface area contributed by atoms with Crippen LogP contribution in [0.25, 0.3) is 11.4 Å². The van der Waals surface area contributed by atoms with Crippen molar-refractivity contribution in [1.82, 2.24) is 31.1 Å². The summed E-state index contributed by atoms with van der Waals surface area (Å²) in [7, 11) is 2.15. The summed E-state index contributed by atoms with van der Waals surface area (Å²) in [6, 6.07) is 4.81. The Morgan fingerprint density at radius 3 is 2.64 bits per heavy atom. The van der Waals surface area contributed by atoms with E-state index in [1.165, 1.54) is 5.56 Å². The highest BCUT2D eigenvalue weighted by molar-refractivity contribution is 5.60. The molecule has 2 aromatic heterocycles. The first-order valence-electron chi connectivity index (χ1n) is 10.1. The van der Waals surface area contributed by atoms with E-state index in [2.05, 4.69) is 53.9 Å². The van der Waals surface area contributed by atoms with Crippen molar-refractivity contribution in [3.05, 3.63) is 35.8 Å². The molecule has 1 fully saturated rings. The van der Waals surface area contributed by atoms with Gasteiger partial charge in [-0.15, -0.1) is 0 Å². The number of aromatic nitrogens is 3. The lowest BCUT2D eigenvalue weighted by atomic mass is 9.84. The zero-order chi connectivity index (χ0) is 19.7. The molecule has 2 aliphatic rings. The Labute approximate surface area is 167 Å². The first-order valence-corrected chi connectivity index (χ1v) is 10.1. The summed E-state index contributed by atoms with van der Waals surface area (Å²) in [5, 5.41) is 3.44. The molecule has 28 heavy (non-hydrogen) atoms. The highest BCUT2D eigenvalue weighted by atomic mass is 15.4. The predicted octanol–water partition coefficient (Wildman–Crippen LogP) is 1.90. The largest absolute Gasteiger partial charge is 0.358 e. The Morgan fingerprint density at radius 2 is 1.93 bits per heavy atom. The van der Waals surface area contributed by atoms with E-state index in [9.17, 15) is 0 Å². The summed E-state index contributed by atoms with van der Waals surface area (Å²) in [4.78, 5) is 16.2. The minimum atomic E-state index is 0.245. The molecule has 0 amide bonds. The van der Waals surface area contributed by atoms with Crippen LogP contribution in [0.4, 0.5) is 5.82 Å². The van der Waals surface area contributed by atoms with E-state index in [-0.39, 0.29) is 5.41 Å². The molecule has 4 rings (SSSR count). The van der Waals surface area contributed by atoms with Gasteiger partial charge in [0, 0.05) is 55.7 Å². The molecule has 2 aliphatic heterocycles. The SMILES string of the molecule is CN(CC1CC(C(C)(C)C)NN1)c1nc(-c2ccncc2)nc2c1CCNC2. The minimum absolute atomic E-state index is 0.245. The van der Waals surface area contributed by atoms with Gasteiger partial charge in [-0.1, -0.05) is 20.8 Å². The molecule has 2 aromatic rings. The van der Waals surface area contributed by atoms with Gasteiger partial charge in [0.1, 0.15) is 5.82 Å². The van der Waals surface area contributed by atoms with Crippen LogP contribution < -0.4 is 21.1 Å². The van der Waals surface area contributed by atoms with Crippen molar-refractivity contribution in [2.45, 2.75) is 52.2 Å². The number of rotatable bonds is 4. The van der Waals surface area contributed by atoms with E-state index >= 15 is 0 Å². The van der Waals surface area contributed by atoms with Crippen LogP contribution in [-0.4, -0.2) is 47.2 Å². The van der Waals surface area contributed by atoms with Crippen LogP contribution >= 0.6 is 0 Å². The van der Waals surface area contributed by atoms with Crippen molar-refractivity contribution in [1.29, 1.82) is 0 Å². The summed E-state index contributed by atoms with van der Waals surface area (Å²) in [6.07, 6.45) is 5.66. The summed E-state index contributed by atoms with van der Waals surface area (Å²) in [6.45, 7) is 9.53. The van der Waals surface area contributed by atoms with E-state index < -0.39 is 0 Å². The molecule has 0 aromatic carbocycles. The third-order valence-electron chi connectivity index (χ3n) is 5.74.